The normalized spacial score (nSPS) is 19.2. The van der Waals surface area contributed by atoms with Gasteiger partial charge in [0.1, 0.15) is 5.82 Å². The summed E-state index contributed by atoms with van der Waals surface area (Å²) >= 11 is 0. The highest BCUT2D eigenvalue weighted by Gasteiger charge is 2.36. The van der Waals surface area contributed by atoms with Crippen LogP contribution in [0.3, 0.4) is 0 Å². The fourth-order valence-electron chi connectivity index (χ4n) is 3.02. The van der Waals surface area contributed by atoms with E-state index in [9.17, 15) is 17.6 Å². The Kier molecular flexibility index (Phi) is 4.41. The molecule has 126 valence electrons. The topological polar surface area (TPSA) is 54.5 Å². The zero-order valence-electron chi connectivity index (χ0n) is 13.3. The van der Waals surface area contributed by atoms with Crippen molar-refractivity contribution in [3.63, 3.8) is 0 Å². The van der Waals surface area contributed by atoms with Gasteiger partial charge in [0.05, 0.1) is 23.1 Å². The van der Waals surface area contributed by atoms with Crippen molar-refractivity contribution in [2.24, 2.45) is 0 Å². The first-order valence-corrected chi connectivity index (χ1v) is 9.55. The van der Waals surface area contributed by atoms with Gasteiger partial charge in [-0.3, -0.25) is 4.79 Å². The van der Waals surface area contributed by atoms with Gasteiger partial charge in [-0.05, 0) is 43.2 Å². The standard InChI is InChI=1S/C18H18FNO3S/c1-13-5-4-6-14(11-13)20(15-9-10-24(22,23)12-15)18(21)16-7-2-3-8-17(16)19/h2-8,11,15H,9-10,12H2,1H3. The SMILES string of the molecule is Cc1cccc(N(C(=O)c2ccccc2F)C2CCS(=O)(=O)C2)c1. The van der Waals surface area contributed by atoms with E-state index in [4.69, 9.17) is 0 Å². The van der Waals surface area contributed by atoms with Crippen molar-refractivity contribution >= 4 is 21.4 Å². The second-order valence-electron chi connectivity index (χ2n) is 6.05. The molecule has 0 N–H and O–H groups in total. The summed E-state index contributed by atoms with van der Waals surface area (Å²) in [5.74, 6) is -1.17. The van der Waals surface area contributed by atoms with Crippen LogP contribution in [-0.2, 0) is 9.84 Å². The van der Waals surface area contributed by atoms with Gasteiger partial charge in [-0.2, -0.15) is 0 Å². The average molecular weight is 347 g/mol. The van der Waals surface area contributed by atoms with Crippen LogP contribution >= 0.6 is 0 Å². The monoisotopic (exact) mass is 347 g/mol. The van der Waals surface area contributed by atoms with Crippen LogP contribution in [0.25, 0.3) is 0 Å². The van der Waals surface area contributed by atoms with Gasteiger partial charge in [-0.25, -0.2) is 12.8 Å². The Labute approximate surface area is 140 Å². The molecule has 2 aromatic rings. The van der Waals surface area contributed by atoms with E-state index >= 15 is 0 Å². The third-order valence-corrected chi connectivity index (χ3v) is 5.93. The number of anilines is 1. The molecule has 6 heteroatoms. The number of carbonyl (C=O) groups is 1. The van der Waals surface area contributed by atoms with Crippen LogP contribution in [0.1, 0.15) is 22.3 Å². The Morgan fingerprint density at radius 2 is 1.92 bits per heavy atom. The van der Waals surface area contributed by atoms with E-state index in [1.165, 1.54) is 23.1 Å². The van der Waals surface area contributed by atoms with Crippen molar-refractivity contribution in [2.45, 2.75) is 19.4 Å². The van der Waals surface area contributed by atoms with Crippen molar-refractivity contribution in [3.8, 4) is 0 Å². The molecule has 2 aromatic carbocycles. The van der Waals surface area contributed by atoms with E-state index in [-0.39, 0.29) is 17.1 Å². The third-order valence-electron chi connectivity index (χ3n) is 4.18. The highest BCUT2D eigenvalue weighted by molar-refractivity contribution is 7.91. The summed E-state index contributed by atoms with van der Waals surface area (Å²) in [6.07, 6.45) is 0.358. The molecule has 1 unspecified atom stereocenters. The Hall–Kier alpha value is -2.21. The summed E-state index contributed by atoms with van der Waals surface area (Å²) in [4.78, 5) is 14.4. The smallest absolute Gasteiger partial charge is 0.261 e. The summed E-state index contributed by atoms with van der Waals surface area (Å²) in [6.45, 7) is 1.89. The minimum absolute atomic E-state index is 0.0462. The van der Waals surface area contributed by atoms with Crippen molar-refractivity contribution in [2.75, 3.05) is 16.4 Å². The van der Waals surface area contributed by atoms with Crippen LogP contribution in [0, 0.1) is 12.7 Å². The van der Waals surface area contributed by atoms with Gasteiger partial charge in [-0.1, -0.05) is 24.3 Å². The molecule has 0 aromatic heterocycles. The maximum Gasteiger partial charge on any atom is 0.261 e. The third kappa shape index (κ3) is 3.33. The molecule has 1 amide bonds. The number of hydrogen-bond donors (Lipinski definition) is 0. The van der Waals surface area contributed by atoms with Crippen molar-refractivity contribution in [1.82, 2.24) is 0 Å². The Morgan fingerprint density at radius 3 is 2.54 bits per heavy atom. The van der Waals surface area contributed by atoms with Gasteiger partial charge in [0.15, 0.2) is 9.84 Å². The molecule has 1 aliphatic heterocycles. The maximum atomic E-state index is 14.1. The molecule has 1 heterocycles. The highest BCUT2D eigenvalue weighted by Crippen LogP contribution is 2.27. The Bertz CT molecular complexity index is 879. The van der Waals surface area contributed by atoms with Crippen molar-refractivity contribution < 1.29 is 17.6 Å². The number of benzene rings is 2. The highest BCUT2D eigenvalue weighted by atomic mass is 32.2. The van der Waals surface area contributed by atoms with Gasteiger partial charge < -0.3 is 4.90 Å². The Balaban J connectivity index is 2.05. The first-order chi connectivity index (χ1) is 11.4. The molecular weight excluding hydrogens is 329 g/mol. The number of nitrogens with zero attached hydrogens (tertiary/aromatic N) is 1. The average Bonchev–Trinajstić information content (AvgIpc) is 2.87. The molecule has 0 aliphatic carbocycles. The molecule has 0 radical (unpaired) electrons. The lowest BCUT2D eigenvalue weighted by molar-refractivity contribution is 0.0975. The quantitative estimate of drug-likeness (QED) is 0.858. The zero-order valence-corrected chi connectivity index (χ0v) is 14.1. The summed E-state index contributed by atoms with van der Waals surface area (Å²) in [7, 11) is -3.17. The van der Waals surface area contributed by atoms with Crippen molar-refractivity contribution in [1.29, 1.82) is 0 Å². The van der Waals surface area contributed by atoms with Crippen LogP contribution in [-0.4, -0.2) is 31.9 Å². The zero-order chi connectivity index (χ0) is 17.3. The second-order valence-corrected chi connectivity index (χ2v) is 8.28. The van der Waals surface area contributed by atoms with E-state index in [1.54, 1.807) is 18.2 Å². The van der Waals surface area contributed by atoms with Crippen molar-refractivity contribution in [3.05, 3.63) is 65.5 Å². The molecular formula is C18H18FNO3S. The molecule has 0 saturated carbocycles. The molecule has 3 rings (SSSR count). The number of halogens is 1. The van der Waals surface area contributed by atoms with E-state index < -0.39 is 27.6 Å². The lowest BCUT2D eigenvalue weighted by Crippen LogP contribution is -2.41. The van der Waals surface area contributed by atoms with E-state index in [0.29, 0.717) is 12.1 Å². The first kappa shape index (κ1) is 16.6. The summed E-state index contributed by atoms with van der Waals surface area (Å²) in [5, 5.41) is 0. The predicted molar refractivity (Wildman–Crippen MR) is 91.4 cm³/mol. The number of carbonyl (C=O) groups excluding carboxylic acids is 1. The molecule has 0 bridgehead atoms. The first-order valence-electron chi connectivity index (χ1n) is 7.72. The lowest BCUT2D eigenvalue weighted by atomic mass is 10.1. The van der Waals surface area contributed by atoms with Gasteiger partial charge >= 0.3 is 0 Å². The number of rotatable bonds is 3. The van der Waals surface area contributed by atoms with Gasteiger partial charge in [-0.15, -0.1) is 0 Å². The fourth-order valence-corrected chi connectivity index (χ4v) is 4.71. The predicted octanol–water partition coefficient (Wildman–Crippen LogP) is 2.97. The lowest BCUT2D eigenvalue weighted by Gasteiger charge is -2.29. The number of amides is 1. The molecule has 1 fully saturated rings. The summed E-state index contributed by atoms with van der Waals surface area (Å²) in [5.41, 5.74) is 1.48. The number of hydrogen-bond acceptors (Lipinski definition) is 3. The summed E-state index contributed by atoms with van der Waals surface area (Å²) in [6, 6.07) is 12.5. The molecule has 1 saturated heterocycles. The van der Waals surface area contributed by atoms with E-state index in [1.807, 2.05) is 19.1 Å². The maximum absolute atomic E-state index is 14.1. The number of sulfone groups is 1. The van der Waals surface area contributed by atoms with Crippen LogP contribution in [0.5, 0.6) is 0 Å². The van der Waals surface area contributed by atoms with E-state index in [2.05, 4.69) is 0 Å². The van der Waals surface area contributed by atoms with Crippen LogP contribution in [0.2, 0.25) is 0 Å². The van der Waals surface area contributed by atoms with Crippen LogP contribution in [0.15, 0.2) is 48.5 Å². The van der Waals surface area contributed by atoms with E-state index in [0.717, 1.165) is 5.56 Å². The fraction of sp³-hybridized carbons (Fsp3) is 0.278. The molecule has 1 aliphatic rings. The van der Waals surface area contributed by atoms with Crippen LogP contribution in [0.4, 0.5) is 10.1 Å². The second kappa shape index (κ2) is 6.36. The van der Waals surface area contributed by atoms with Crippen LogP contribution < -0.4 is 4.90 Å². The van der Waals surface area contributed by atoms with Gasteiger partial charge in [0.25, 0.3) is 5.91 Å². The van der Waals surface area contributed by atoms with Gasteiger partial charge in [0, 0.05) is 5.69 Å². The molecule has 0 spiro atoms. The van der Waals surface area contributed by atoms with Gasteiger partial charge in [0.2, 0.25) is 0 Å². The largest absolute Gasteiger partial charge is 0.304 e. The summed E-state index contributed by atoms with van der Waals surface area (Å²) < 4.78 is 37.8. The Morgan fingerprint density at radius 1 is 1.17 bits per heavy atom. The molecule has 24 heavy (non-hydrogen) atoms. The number of aryl methyl sites for hydroxylation is 1. The molecule has 1 atom stereocenters. The molecule has 4 nitrogen and oxygen atoms in total. The minimum atomic E-state index is -3.17. The minimum Gasteiger partial charge on any atom is -0.304 e.